The molecule has 11 heavy (non-hydrogen) atoms. The predicted molar refractivity (Wildman–Crippen MR) is 23.3 cm³/mol. The summed E-state index contributed by atoms with van der Waals surface area (Å²) in [6.07, 6.45) is 4.06. The van der Waals surface area contributed by atoms with Crippen molar-refractivity contribution in [3.05, 3.63) is 24.7 Å². The number of hydrogen-bond acceptors (Lipinski definition) is 5. The fraction of sp³-hybridized carbons (Fsp3) is 0. The first-order valence-corrected chi connectivity index (χ1v) is 3.84. The maximum absolute atomic E-state index is 8.58. The Morgan fingerprint density at radius 3 is 1.73 bits per heavy atom. The molecule has 0 saturated heterocycles. The average molecular weight is 343 g/mol. The van der Waals surface area contributed by atoms with Gasteiger partial charge in [0.1, 0.15) is 0 Å². The first kappa shape index (κ1) is 13.6. The second-order valence-corrected chi connectivity index (χ2v) is 2.23. The summed E-state index contributed by atoms with van der Waals surface area (Å²) in [5.41, 5.74) is 0. The van der Waals surface area contributed by atoms with Crippen molar-refractivity contribution in [2.24, 2.45) is 0 Å². The standard InChI is InChI=1S/C4H3O.O4Si.W/c1-2-4-5-3-1;1-5(2,3)4;/h1-3H;;/q-1;-4;. The van der Waals surface area contributed by atoms with E-state index in [-0.39, 0.29) is 21.1 Å². The molecular weight excluding hydrogens is 340 g/mol. The molecule has 0 atom stereocenters. The Hall–Kier alpha value is 0.0252. The molecule has 0 spiro atoms. The van der Waals surface area contributed by atoms with E-state index >= 15 is 0 Å². The summed E-state index contributed by atoms with van der Waals surface area (Å²) in [6, 6.07) is 3.49. The Morgan fingerprint density at radius 2 is 1.64 bits per heavy atom. The van der Waals surface area contributed by atoms with E-state index in [0.29, 0.717) is 0 Å². The predicted octanol–water partition coefficient (Wildman–Crippen LogP) is -4.06. The Bertz CT molecular complexity index is 125. The van der Waals surface area contributed by atoms with Crippen LogP contribution in [0.3, 0.4) is 0 Å². The third kappa shape index (κ3) is 25.6. The van der Waals surface area contributed by atoms with Gasteiger partial charge in [0.25, 0.3) is 0 Å². The molecule has 1 aromatic rings. The molecule has 0 N–H and O–H groups in total. The van der Waals surface area contributed by atoms with Crippen molar-refractivity contribution < 1.29 is 44.7 Å². The zero-order chi connectivity index (χ0) is 8.04. The van der Waals surface area contributed by atoms with Gasteiger partial charge in [0, 0.05) is 21.1 Å². The van der Waals surface area contributed by atoms with Gasteiger partial charge in [0.2, 0.25) is 0 Å². The molecular formula is C4H3O5SiW-5. The van der Waals surface area contributed by atoms with Crippen LogP contribution in [-0.4, -0.2) is 9.05 Å². The van der Waals surface area contributed by atoms with Crippen molar-refractivity contribution in [2.75, 3.05) is 0 Å². The van der Waals surface area contributed by atoms with Crippen molar-refractivity contribution in [3.63, 3.8) is 0 Å². The van der Waals surface area contributed by atoms with Gasteiger partial charge in [-0.2, -0.15) is 6.07 Å². The molecule has 0 amide bonds. The second kappa shape index (κ2) is 6.72. The minimum atomic E-state index is -5.61. The van der Waals surface area contributed by atoms with Crippen LogP contribution in [0.5, 0.6) is 0 Å². The van der Waals surface area contributed by atoms with Crippen molar-refractivity contribution in [1.29, 1.82) is 0 Å². The van der Waals surface area contributed by atoms with Crippen LogP contribution in [0.2, 0.25) is 0 Å². The molecule has 1 rings (SSSR count). The zero-order valence-electron chi connectivity index (χ0n) is 5.18. The van der Waals surface area contributed by atoms with E-state index in [1.165, 1.54) is 0 Å². The molecule has 7 heteroatoms. The molecule has 0 aliphatic carbocycles. The van der Waals surface area contributed by atoms with E-state index in [1.54, 1.807) is 18.4 Å². The first-order chi connectivity index (χ1) is 4.50. The molecule has 0 aliphatic rings. The molecule has 0 aromatic carbocycles. The first-order valence-electron chi connectivity index (χ1n) is 2.21. The molecule has 0 radical (unpaired) electrons. The summed E-state index contributed by atoms with van der Waals surface area (Å²) in [5.74, 6) is 0. The quantitative estimate of drug-likeness (QED) is 0.352. The van der Waals surface area contributed by atoms with Crippen molar-refractivity contribution in [3.8, 4) is 0 Å². The Labute approximate surface area is 78.7 Å². The van der Waals surface area contributed by atoms with Crippen LogP contribution in [0, 0.1) is 6.26 Å². The molecule has 0 fully saturated rings. The van der Waals surface area contributed by atoms with Gasteiger partial charge < -0.3 is 32.6 Å². The molecule has 1 heterocycles. The minimum absolute atomic E-state index is 0. The van der Waals surface area contributed by atoms with Crippen LogP contribution in [0.25, 0.3) is 0 Å². The van der Waals surface area contributed by atoms with Gasteiger partial charge in [-0.25, -0.2) is 0 Å². The van der Waals surface area contributed by atoms with Gasteiger partial charge in [-0.3, -0.25) is 0 Å². The monoisotopic (exact) mass is 343 g/mol. The van der Waals surface area contributed by atoms with E-state index in [2.05, 4.69) is 10.7 Å². The summed E-state index contributed by atoms with van der Waals surface area (Å²) >= 11 is 0. The number of hydrogen-bond donors (Lipinski definition) is 0. The van der Waals surface area contributed by atoms with Gasteiger partial charge in [-0.05, 0) is 6.26 Å². The Balaban J connectivity index is 0. The van der Waals surface area contributed by atoms with Crippen molar-refractivity contribution in [2.45, 2.75) is 0 Å². The zero-order valence-corrected chi connectivity index (χ0v) is 9.11. The molecule has 0 bridgehead atoms. The molecule has 64 valence electrons. The third-order valence-corrected chi connectivity index (χ3v) is 0.379. The van der Waals surface area contributed by atoms with E-state index < -0.39 is 9.05 Å². The SMILES string of the molecule is [O-][Si]([O-])([O-])[O-].[W].[c-]1ccco1. The third-order valence-electron chi connectivity index (χ3n) is 0.379. The number of furan rings is 1. The molecule has 0 unspecified atom stereocenters. The molecule has 5 nitrogen and oxygen atoms in total. The molecule has 0 saturated carbocycles. The Morgan fingerprint density at radius 1 is 1.18 bits per heavy atom. The van der Waals surface area contributed by atoms with Gasteiger partial charge in [0.05, 0.1) is 0 Å². The fourth-order valence-electron chi connectivity index (χ4n) is 0.196. The topological polar surface area (TPSA) is 105 Å². The minimum Gasteiger partial charge on any atom is -0.894 e. The maximum Gasteiger partial charge on any atom is 0 e. The van der Waals surface area contributed by atoms with E-state index in [1.807, 2.05) is 0 Å². The summed E-state index contributed by atoms with van der Waals surface area (Å²) in [5, 5.41) is 0. The maximum atomic E-state index is 8.58. The van der Waals surface area contributed by atoms with Gasteiger partial charge in [0.15, 0.2) is 0 Å². The van der Waals surface area contributed by atoms with Crippen molar-refractivity contribution in [1.82, 2.24) is 0 Å². The van der Waals surface area contributed by atoms with Gasteiger partial charge >= 0.3 is 0 Å². The van der Waals surface area contributed by atoms with Crippen molar-refractivity contribution >= 4 is 9.05 Å². The van der Waals surface area contributed by atoms with Crippen LogP contribution in [0.15, 0.2) is 22.8 Å². The molecule has 0 aliphatic heterocycles. The second-order valence-electron chi connectivity index (χ2n) is 1.23. The summed E-state index contributed by atoms with van der Waals surface area (Å²) in [7, 11) is -5.61. The van der Waals surface area contributed by atoms with Crippen LogP contribution in [0.4, 0.5) is 0 Å². The van der Waals surface area contributed by atoms with E-state index in [9.17, 15) is 0 Å². The van der Waals surface area contributed by atoms with Gasteiger partial charge in [-0.15, -0.1) is 6.07 Å². The van der Waals surface area contributed by atoms with Crippen LogP contribution in [0.1, 0.15) is 0 Å². The smallest absolute Gasteiger partial charge is 0 e. The van der Waals surface area contributed by atoms with Crippen LogP contribution >= 0.6 is 0 Å². The number of rotatable bonds is 0. The molecule has 1 aromatic heterocycles. The average Bonchev–Trinajstić information content (AvgIpc) is 2.07. The summed E-state index contributed by atoms with van der Waals surface area (Å²) < 4.78 is 4.46. The normalized spacial score (nSPS) is 9.09. The van der Waals surface area contributed by atoms with E-state index in [0.717, 1.165) is 0 Å². The van der Waals surface area contributed by atoms with Crippen LogP contribution < -0.4 is 19.2 Å². The summed E-state index contributed by atoms with van der Waals surface area (Å²) in [6.45, 7) is 0. The largest absolute Gasteiger partial charge is 0.894 e. The fourth-order valence-corrected chi connectivity index (χ4v) is 0.196. The van der Waals surface area contributed by atoms with Gasteiger partial charge in [-0.1, -0.05) is 6.26 Å². The van der Waals surface area contributed by atoms with E-state index in [4.69, 9.17) is 19.2 Å². The summed E-state index contributed by atoms with van der Waals surface area (Å²) in [4.78, 5) is 34.3. The van der Waals surface area contributed by atoms with Crippen LogP contribution in [-0.2, 0) is 21.1 Å². The Kier molecular flexibility index (Phi) is 8.31.